The number of aliphatic hydroxyl groups excluding tert-OH is 2. The van der Waals surface area contributed by atoms with Crippen molar-refractivity contribution in [2.45, 2.75) is 57.8 Å². The van der Waals surface area contributed by atoms with Crippen LogP contribution in [-0.2, 0) is 11.2 Å². The molecule has 3 aromatic carbocycles. The van der Waals surface area contributed by atoms with Crippen molar-refractivity contribution >= 4 is 17.6 Å². The predicted octanol–water partition coefficient (Wildman–Crippen LogP) is 3.27. The van der Waals surface area contributed by atoms with Gasteiger partial charge in [-0.2, -0.15) is 0 Å². The van der Waals surface area contributed by atoms with E-state index in [-0.39, 0.29) is 73.4 Å². The third-order valence-corrected chi connectivity index (χ3v) is 7.13. The third-order valence-electron chi connectivity index (χ3n) is 7.13. The summed E-state index contributed by atoms with van der Waals surface area (Å²) in [6, 6.07) is 17.3. The number of hydrogen-bond donors (Lipinski definition) is 5. The molecule has 0 radical (unpaired) electrons. The molecule has 0 aliphatic rings. The molecule has 1 aromatic heterocycles. The summed E-state index contributed by atoms with van der Waals surface area (Å²) >= 11 is 0. The fourth-order valence-corrected chi connectivity index (χ4v) is 5.28. The first-order valence-electron chi connectivity index (χ1n) is 13.9. The molecule has 1 heterocycles. The zero-order valence-electron chi connectivity index (χ0n) is 25.8. The van der Waals surface area contributed by atoms with Crippen LogP contribution in [0.1, 0.15) is 56.8 Å². The molecule has 0 unspecified atom stereocenters. The zero-order chi connectivity index (χ0) is 31.3. The molecular weight excluding hydrogens is 581 g/mol. The second-order valence-corrected chi connectivity index (χ2v) is 10.7. The number of halogens is 2. The normalized spacial score (nSPS) is 12.4. The molecule has 0 spiro atoms. The number of rotatable bonds is 12. The van der Waals surface area contributed by atoms with E-state index in [0.717, 1.165) is 0 Å². The number of aromatic nitrogens is 1. The van der Waals surface area contributed by atoms with E-state index in [1.807, 2.05) is 13.8 Å². The van der Waals surface area contributed by atoms with E-state index in [1.54, 1.807) is 47.0 Å². The minimum absolute atomic E-state index is 0. The number of nitrogens with one attached hydrogen (secondary N) is 1. The van der Waals surface area contributed by atoms with Gasteiger partial charge in [-0.1, -0.05) is 36.4 Å². The average Bonchev–Trinajstić information content (AvgIpc) is 3.29. The van der Waals surface area contributed by atoms with E-state index in [4.69, 9.17) is 5.11 Å². The monoisotopic (exact) mass is 616 g/mol. The Morgan fingerprint density at radius 3 is 1.93 bits per heavy atom. The van der Waals surface area contributed by atoms with Gasteiger partial charge in [-0.05, 0) is 80.6 Å². The van der Waals surface area contributed by atoms with Crippen molar-refractivity contribution in [2.75, 3.05) is 5.32 Å². The van der Waals surface area contributed by atoms with Crippen LogP contribution in [0, 0.1) is 11.6 Å². The molecule has 4 rings (SSSR count). The molecule has 4 aromatic rings. The fourth-order valence-electron chi connectivity index (χ4n) is 5.28. The second-order valence-electron chi connectivity index (χ2n) is 10.7. The summed E-state index contributed by atoms with van der Waals surface area (Å²) in [5.74, 6) is -2.81. The molecule has 0 bridgehead atoms. The maximum absolute atomic E-state index is 14.1. The van der Waals surface area contributed by atoms with Crippen LogP contribution < -0.4 is 34.9 Å². The number of anilines is 1. The number of aliphatic hydroxyl groups is 2. The molecule has 0 saturated carbocycles. The first kappa shape index (κ1) is 34.9. The minimum Gasteiger partial charge on any atom is -1.00 e. The van der Waals surface area contributed by atoms with Crippen LogP contribution in [0.5, 0.6) is 5.75 Å². The first-order chi connectivity index (χ1) is 20.5. The van der Waals surface area contributed by atoms with Crippen molar-refractivity contribution in [3.8, 4) is 28.0 Å². The standard InChI is InChI=1S/C33H34F2N2O6.Na.H/c1-19(2)37-27(16-15-24(38)17-25(39)18-29(41)42)30(20-7-11-22(34)12-8-20)31(21-9-13-23(35)14-10-21)32(37)33(43)36-26-5-3-4-6-28(26)40;;/h3-14,19,24-25,38-40H,15-18H2,1-2H3,(H,36,43)(H,41,42);;/q;+1;-1/t24-,25-;;/m1../s1. The van der Waals surface area contributed by atoms with E-state index in [9.17, 15) is 33.7 Å². The summed E-state index contributed by atoms with van der Waals surface area (Å²) in [6.07, 6.45) is -2.65. The number of aliphatic carboxylic acids is 1. The van der Waals surface area contributed by atoms with Gasteiger partial charge >= 0.3 is 35.5 Å². The largest absolute Gasteiger partial charge is 1.00 e. The molecule has 8 nitrogen and oxygen atoms in total. The topological polar surface area (TPSA) is 132 Å². The molecule has 11 heteroatoms. The zero-order valence-corrected chi connectivity index (χ0v) is 26.8. The molecule has 44 heavy (non-hydrogen) atoms. The Kier molecular flexibility index (Phi) is 12.3. The summed E-state index contributed by atoms with van der Waals surface area (Å²) in [5, 5.41) is 42.9. The molecule has 0 aliphatic carbocycles. The summed E-state index contributed by atoms with van der Waals surface area (Å²) in [5.41, 5.74) is 3.12. The molecule has 0 fully saturated rings. The van der Waals surface area contributed by atoms with Crippen molar-refractivity contribution in [3.05, 3.63) is 95.8 Å². The number of carbonyl (C=O) groups excluding carboxylic acids is 1. The van der Waals surface area contributed by atoms with Crippen LogP contribution in [0.4, 0.5) is 14.5 Å². The fraction of sp³-hybridized carbons (Fsp3) is 0.273. The molecule has 1 amide bonds. The van der Waals surface area contributed by atoms with Crippen molar-refractivity contribution in [1.82, 2.24) is 4.57 Å². The van der Waals surface area contributed by atoms with Crippen LogP contribution >= 0.6 is 0 Å². The number of carbonyl (C=O) groups is 2. The number of carboxylic acid groups (broad SMARTS) is 1. The third kappa shape index (κ3) is 8.34. The van der Waals surface area contributed by atoms with Gasteiger partial charge in [-0.25, -0.2) is 8.78 Å². The van der Waals surface area contributed by atoms with Crippen LogP contribution in [-0.4, -0.2) is 49.1 Å². The Hall–Kier alpha value is -3.54. The van der Waals surface area contributed by atoms with Gasteiger partial charge in [0.05, 0.1) is 24.3 Å². The van der Waals surface area contributed by atoms with Crippen LogP contribution in [0.15, 0.2) is 72.8 Å². The molecule has 228 valence electrons. The van der Waals surface area contributed by atoms with Crippen molar-refractivity contribution in [1.29, 1.82) is 0 Å². The van der Waals surface area contributed by atoms with Gasteiger partial charge in [0.15, 0.2) is 0 Å². The maximum atomic E-state index is 14.1. The molecular formula is C33H35F2N2NaO6. The number of amides is 1. The summed E-state index contributed by atoms with van der Waals surface area (Å²) in [7, 11) is 0. The van der Waals surface area contributed by atoms with Gasteiger partial charge in [0.1, 0.15) is 23.1 Å². The maximum Gasteiger partial charge on any atom is 1.00 e. The molecule has 2 atom stereocenters. The Bertz CT molecular complexity index is 1600. The SMILES string of the molecule is CC(C)n1c(CC[C@@H](O)C[C@@H](O)CC(=O)O)c(-c2ccc(F)cc2)c(-c2ccc(F)cc2)c1C(=O)Nc1ccccc1O.[H-].[Na+]. The van der Waals surface area contributed by atoms with Gasteiger partial charge in [0.25, 0.3) is 5.91 Å². The number of phenols is 1. The molecule has 5 N–H and O–H groups in total. The number of phenolic OH excluding ortho intramolecular Hbond substituents is 1. The number of carboxylic acids is 1. The first-order valence-corrected chi connectivity index (χ1v) is 13.9. The summed E-state index contributed by atoms with van der Waals surface area (Å²) < 4.78 is 29.9. The Morgan fingerprint density at radius 2 is 1.41 bits per heavy atom. The summed E-state index contributed by atoms with van der Waals surface area (Å²) in [4.78, 5) is 25.1. The molecule has 0 saturated heterocycles. The Morgan fingerprint density at radius 1 is 0.864 bits per heavy atom. The number of aromatic hydroxyl groups is 1. The number of benzene rings is 3. The van der Waals surface area contributed by atoms with Gasteiger partial charge in [0.2, 0.25) is 0 Å². The number of nitrogens with zero attached hydrogens (tertiary/aromatic N) is 1. The van der Waals surface area contributed by atoms with Crippen molar-refractivity contribution < 1.29 is 69.8 Å². The van der Waals surface area contributed by atoms with Gasteiger partial charge in [0, 0.05) is 22.9 Å². The van der Waals surface area contributed by atoms with Crippen molar-refractivity contribution in [3.63, 3.8) is 0 Å². The van der Waals surface area contributed by atoms with Gasteiger partial charge < -0.3 is 31.7 Å². The van der Waals surface area contributed by atoms with E-state index < -0.39 is 42.1 Å². The number of hydrogen-bond acceptors (Lipinski definition) is 5. The summed E-state index contributed by atoms with van der Waals surface area (Å²) in [6.45, 7) is 3.74. The average molecular weight is 617 g/mol. The minimum atomic E-state index is -1.24. The smallest absolute Gasteiger partial charge is 1.00 e. The van der Waals surface area contributed by atoms with Crippen molar-refractivity contribution in [2.24, 2.45) is 0 Å². The van der Waals surface area contributed by atoms with Gasteiger partial charge in [-0.15, -0.1) is 0 Å². The van der Waals surface area contributed by atoms with E-state index in [2.05, 4.69) is 5.32 Å². The van der Waals surface area contributed by atoms with Crippen LogP contribution in [0.2, 0.25) is 0 Å². The van der Waals surface area contributed by atoms with Crippen LogP contribution in [0.25, 0.3) is 22.3 Å². The quantitative estimate of drug-likeness (QED) is 0.123. The van der Waals surface area contributed by atoms with Crippen LogP contribution in [0.3, 0.4) is 0 Å². The Balaban J connectivity index is 0.00000353. The predicted molar refractivity (Wildman–Crippen MR) is 160 cm³/mol. The Labute approximate surface area is 277 Å². The van der Waals surface area contributed by atoms with E-state index >= 15 is 0 Å². The molecule has 0 aliphatic heterocycles. The van der Waals surface area contributed by atoms with E-state index in [1.165, 1.54) is 30.3 Å². The van der Waals surface area contributed by atoms with Gasteiger partial charge in [-0.3, -0.25) is 9.59 Å². The second kappa shape index (κ2) is 15.5. The number of para-hydroxylation sites is 2. The van der Waals surface area contributed by atoms with E-state index in [0.29, 0.717) is 27.9 Å².